The first-order valence-corrected chi connectivity index (χ1v) is 11.7. The number of halogens is 2. The number of carbonyl (C=O) groups excluding carboxylic acids is 1. The van der Waals surface area contributed by atoms with Crippen LogP contribution in [-0.2, 0) is 0 Å². The molecule has 0 heterocycles. The van der Waals surface area contributed by atoms with Crippen molar-refractivity contribution in [1.82, 2.24) is 0 Å². The number of primary amides is 1. The number of carbonyl (C=O) groups is 1. The summed E-state index contributed by atoms with van der Waals surface area (Å²) in [6, 6.07) is 17.8. The summed E-state index contributed by atoms with van der Waals surface area (Å²) in [7, 11) is 0. The highest BCUT2D eigenvalue weighted by Gasteiger charge is 2.22. The smallest absolute Gasteiger partial charge is 0.249 e. The lowest BCUT2D eigenvalue weighted by atomic mass is 9.86. The molecule has 1 aliphatic rings. The molecule has 0 bridgehead atoms. The molecule has 0 radical (unpaired) electrons. The maximum absolute atomic E-state index is 14.6. The van der Waals surface area contributed by atoms with Gasteiger partial charge in [0.05, 0.1) is 5.56 Å². The standard InChI is InChI=1S/C22H20F2N2O.C6H13N/c1-13-7-8-15(18(12-25)14-5-3-2-4-6-14)11-17(13)20-16(22(26)27)9-10-19(23)21(20)24;7-6-4-2-1-3-5-6/h2-11,18H,12,25H2,1H3,(H2,26,27);6H,1-5,7H2. The Balaban J connectivity index is 0.000000396. The van der Waals surface area contributed by atoms with Crippen molar-refractivity contribution in [3.8, 4) is 11.1 Å². The van der Waals surface area contributed by atoms with Crippen molar-refractivity contribution in [3.63, 3.8) is 0 Å². The first-order valence-electron chi connectivity index (χ1n) is 11.7. The number of benzene rings is 3. The van der Waals surface area contributed by atoms with Crippen molar-refractivity contribution in [2.45, 2.75) is 51.0 Å². The van der Waals surface area contributed by atoms with Crippen LogP contribution in [0.15, 0.2) is 60.7 Å². The highest BCUT2D eigenvalue weighted by molar-refractivity contribution is 6.00. The molecule has 0 saturated heterocycles. The molecule has 1 amide bonds. The Bertz CT molecular complexity index is 1110. The second kappa shape index (κ2) is 11.9. The third-order valence-electron chi connectivity index (χ3n) is 6.38. The van der Waals surface area contributed by atoms with Gasteiger partial charge in [0.25, 0.3) is 0 Å². The Labute approximate surface area is 200 Å². The first kappa shape index (κ1) is 25.5. The third-order valence-corrected chi connectivity index (χ3v) is 6.38. The molecule has 4 rings (SSSR count). The summed E-state index contributed by atoms with van der Waals surface area (Å²) < 4.78 is 28.5. The normalized spacial score (nSPS) is 14.7. The molecule has 1 saturated carbocycles. The Hall–Kier alpha value is -3.09. The number of hydrogen-bond acceptors (Lipinski definition) is 3. The van der Waals surface area contributed by atoms with E-state index >= 15 is 0 Å². The number of nitrogens with two attached hydrogens (primary N) is 3. The van der Waals surface area contributed by atoms with E-state index in [0.717, 1.165) is 17.2 Å². The molecule has 6 N–H and O–H groups in total. The molecular formula is C28H33F2N3O. The Morgan fingerprint density at radius 3 is 2.21 bits per heavy atom. The van der Waals surface area contributed by atoms with Crippen molar-refractivity contribution in [2.24, 2.45) is 17.2 Å². The quantitative estimate of drug-likeness (QED) is 0.470. The number of aryl methyl sites for hydroxylation is 1. The molecule has 1 aliphatic carbocycles. The molecule has 0 aliphatic heterocycles. The van der Waals surface area contributed by atoms with Crippen molar-refractivity contribution < 1.29 is 13.6 Å². The van der Waals surface area contributed by atoms with E-state index in [0.29, 0.717) is 23.7 Å². The molecular weight excluding hydrogens is 432 g/mol. The van der Waals surface area contributed by atoms with Gasteiger partial charge in [-0.25, -0.2) is 8.78 Å². The van der Waals surface area contributed by atoms with Crippen LogP contribution < -0.4 is 17.2 Å². The topological polar surface area (TPSA) is 95.1 Å². The average Bonchev–Trinajstić information content (AvgIpc) is 2.84. The second-order valence-corrected chi connectivity index (χ2v) is 8.82. The average molecular weight is 466 g/mol. The van der Waals surface area contributed by atoms with E-state index in [2.05, 4.69) is 0 Å². The van der Waals surface area contributed by atoms with Gasteiger partial charge in [0.1, 0.15) is 0 Å². The zero-order valence-electron chi connectivity index (χ0n) is 19.6. The molecule has 180 valence electrons. The molecule has 3 aromatic rings. The van der Waals surface area contributed by atoms with Crippen LogP contribution in [0.1, 0.15) is 65.1 Å². The molecule has 0 aromatic heterocycles. The second-order valence-electron chi connectivity index (χ2n) is 8.82. The summed E-state index contributed by atoms with van der Waals surface area (Å²) >= 11 is 0. The van der Waals surface area contributed by atoms with E-state index < -0.39 is 17.5 Å². The lowest BCUT2D eigenvalue weighted by Gasteiger charge is -2.19. The van der Waals surface area contributed by atoms with Gasteiger partial charge in [0.15, 0.2) is 11.6 Å². The van der Waals surface area contributed by atoms with Crippen LogP contribution in [0.2, 0.25) is 0 Å². The summed E-state index contributed by atoms with van der Waals surface area (Å²) in [6.45, 7) is 2.12. The van der Waals surface area contributed by atoms with E-state index in [1.807, 2.05) is 42.5 Å². The minimum absolute atomic E-state index is 0.0573. The number of rotatable bonds is 5. The Morgan fingerprint density at radius 1 is 0.971 bits per heavy atom. The van der Waals surface area contributed by atoms with Gasteiger partial charge in [-0.3, -0.25) is 4.79 Å². The van der Waals surface area contributed by atoms with Crippen LogP contribution in [0.4, 0.5) is 8.78 Å². The minimum Gasteiger partial charge on any atom is -0.366 e. The van der Waals surface area contributed by atoms with Crippen molar-refractivity contribution in [3.05, 3.63) is 94.6 Å². The molecule has 1 atom stereocenters. The van der Waals surface area contributed by atoms with Crippen LogP contribution in [-0.4, -0.2) is 18.5 Å². The van der Waals surface area contributed by atoms with Crippen LogP contribution in [0.3, 0.4) is 0 Å². The highest BCUT2D eigenvalue weighted by Crippen LogP contribution is 2.34. The van der Waals surface area contributed by atoms with E-state index in [4.69, 9.17) is 17.2 Å². The van der Waals surface area contributed by atoms with Crippen molar-refractivity contribution >= 4 is 5.91 Å². The molecule has 1 unspecified atom stereocenters. The third kappa shape index (κ3) is 6.07. The SMILES string of the molecule is Cc1ccc(C(CN)c2ccccc2)cc1-c1c(C(N)=O)ccc(F)c1F.NC1CCCCC1. The lowest BCUT2D eigenvalue weighted by molar-refractivity contribution is 0.100. The Morgan fingerprint density at radius 2 is 1.65 bits per heavy atom. The van der Waals surface area contributed by atoms with Crippen molar-refractivity contribution in [1.29, 1.82) is 0 Å². The molecule has 3 aromatic carbocycles. The first-order chi connectivity index (χ1) is 16.3. The summed E-state index contributed by atoms with van der Waals surface area (Å²) in [5, 5.41) is 0. The molecule has 0 spiro atoms. The van der Waals surface area contributed by atoms with Crippen LogP contribution in [0, 0.1) is 18.6 Å². The fourth-order valence-electron chi connectivity index (χ4n) is 4.43. The fraction of sp³-hybridized carbons (Fsp3) is 0.321. The van der Waals surface area contributed by atoms with Gasteiger partial charge >= 0.3 is 0 Å². The van der Waals surface area contributed by atoms with Gasteiger partial charge in [-0.15, -0.1) is 0 Å². The van der Waals surface area contributed by atoms with Gasteiger partial charge < -0.3 is 17.2 Å². The summed E-state index contributed by atoms with van der Waals surface area (Å²) in [6.07, 6.45) is 6.66. The lowest BCUT2D eigenvalue weighted by Crippen LogP contribution is -2.22. The summed E-state index contributed by atoms with van der Waals surface area (Å²) in [4.78, 5) is 11.8. The summed E-state index contributed by atoms with van der Waals surface area (Å²) in [5.41, 5.74) is 19.8. The zero-order valence-corrected chi connectivity index (χ0v) is 19.6. The number of amides is 1. The van der Waals surface area contributed by atoms with Crippen molar-refractivity contribution in [2.75, 3.05) is 6.54 Å². The van der Waals surface area contributed by atoms with E-state index in [-0.39, 0.29) is 17.0 Å². The van der Waals surface area contributed by atoms with Gasteiger partial charge in [0.2, 0.25) is 5.91 Å². The number of hydrogen-bond donors (Lipinski definition) is 3. The predicted molar refractivity (Wildman–Crippen MR) is 133 cm³/mol. The van der Waals surface area contributed by atoms with Gasteiger partial charge in [-0.1, -0.05) is 67.8 Å². The molecule has 4 nitrogen and oxygen atoms in total. The largest absolute Gasteiger partial charge is 0.366 e. The molecule has 34 heavy (non-hydrogen) atoms. The maximum atomic E-state index is 14.6. The minimum atomic E-state index is -1.09. The van der Waals surface area contributed by atoms with Gasteiger partial charge in [0, 0.05) is 24.1 Å². The van der Waals surface area contributed by atoms with Crippen LogP contribution in [0.25, 0.3) is 11.1 Å². The fourth-order valence-corrected chi connectivity index (χ4v) is 4.43. The monoisotopic (exact) mass is 465 g/mol. The Kier molecular flexibility index (Phi) is 8.91. The van der Waals surface area contributed by atoms with Gasteiger partial charge in [-0.2, -0.15) is 0 Å². The maximum Gasteiger partial charge on any atom is 0.249 e. The van der Waals surface area contributed by atoms with E-state index in [9.17, 15) is 13.6 Å². The van der Waals surface area contributed by atoms with Gasteiger partial charge in [-0.05, 0) is 54.2 Å². The van der Waals surface area contributed by atoms with Crippen LogP contribution >= 0.6 is 0 Å². The predicted octanol–water partition coefficient (Wildman–Crippen LogP) is 5.41. The van der Waals surface area contributed by atoms with E-state index in [1.54, 1.807) is 13.0 Å². The zero-order chi connectivity index (χ0) is 24.7. The molecule has 1 fully saturated rings. The highest BCUT2D eigenvalue weighted by atomic mass is 19.2. The summed E-state index contributed by atoms with van der Waals surface area (Å²) in [5.74, 6) is -3.04. The van der Waals surface area contributed by atoms with Crippen LogP contribution in [0.5, 0.6) is 0 Å². The van der Waals surface area contributed by atoms with E-state index in [1.165, 1.54) is 38.2 Å². The molecule has 6 heteroatoms.